The normalized spacial score (nSPS) is 10.6. The smallest absolute Gasteiger partial charge is 0.220 e. The molecule has 4 nitrogen and oxygen atoms in total. The van der Waals surface area contributed by atoms with Crippen LogP contribution in [-0.2, 0) is 17.8 Å². The molecule has 0 saturated carbocycles. The van der Waals surface area contributed by atoms with E-state index in [1.807, 2.05) is 31.2 Å². The molecular formula is C20H19FN2O2. The summed E-state index contributed by atoms with van der Waals surface area (Å²) in [6.45, 7) is 2.53. The summed E-state index contributed by atoms with van der Waals surface area (Å²) in [5.74, 6) is 0.704. The molecular weight excluding hydrogens is 319 g/mol. The van der Waals surface area contributed by atoms with Crippen LogP contribution < -0.4 is 5.32 Å². The first-order valence-electron chi connectivity index (χ1n) is 8.13. The Balaban J connectivity index is 1.49. The molecule has 3 aromatic rings. The topological polar surface area (TPSA) is 55.1 Å². The number of aromatic nitrogens is 1. The minimum absolute atomic E-state index is 0.0536. The van der Waals surface area contributed by atoms with E-state index >= 15 is 0 Å². The molecule has 0 fully saturated rings. The molecule has 25 heavy (non-hydrogen) atoms. The first-order chi connectivity index (χ1) is 12.1. The van der Waals surface area contributed by atoms with Gasteiger partial charge in [-0.25, -0.2) is 9.37 Å². The van der Waals surface area contributed by atoms with E-state index in [-0.39, 0.29) is 11.7 Å². The van der Waals surface area contributed by atoms with Crippen LogP contribution in [0.2, 0.25) is 0 Å². The molecule has 1 N–H and O–H groups in total. The molecule has 1 heterocycles. The second-order valence-electron chi connectivity index (χ2n) is 5.89. The zero-order valence-corrected chi connectivity index (χ0v) is 14.0. The summed E-state index contributed by atoms with van der Waals surface area (Å²) in [4.78, 5) is 16.1. The minimum Gasteiger partial charge on any atom is -0.441 e. The highest BCUT2D eigenvalue weighted by Crippen LogP contribution is 2.21. The maximum Gasteiger partial charge on any atom is 0.220 e. The highest BCUT2D eigenvalue weighted by atomic mass is 19.1. The lowest BCUT2D eigenvalue weighted by molar-refractivity contribution is -0.121. The number of nitrogens with zero attached hydrogens (tertiary/aromatic N) is 1. The van der Waals surface area contributed by atoms with E-state index in [1.54, 1.807) is 18.3 Å². The van der Waals surface area contributed by atoms with Crippen molar-refractivity contribution in [1.82, 2.24) is 10.3 Å². The zero-order chi connectivity index (χ0) is 17.6. The highest BCUT2D eigenvalue weighted by molar-refractivity contribution is 5.76. The number of hydrogen-bond donors (Lipinski definition) is 1. The van der Waals surface area contributed by atoms with Crippen molar-refractivity contribution >= 4 is 5.91 Å². The van der Waals surface area contributed by atoms with E-state index < -0.39 is 0 Å². The lowest BCUT2D eigenvalue weighted by Crippen LogP contribution is -2.23. The summed E-state index contributed by atoms with van der Waals surface area (Å²) in [7, 11) is 0. The van der Waals surface area contributed by atoms with Gasteiger partial charge >= 0.3 is 0 Å². The molecule has 5 heteroatoms. The fourth-order valence-corrected chi connectivity index (χ4v) is 2.39. The molecule has 0 bridgehead atoms. The van der Waals surface area contributed by atoms with Crippen LogP contribution in [0.3, 0.4) is 0 Å². The predicted octanol–water partition coefficient (Wildman–Crippen LogP) is 4.04. The van der Waals surface area contributed by atoms with Gasteiger partial charge in [0, 0.05) is 24.9 Å². The number of oxazole rings is 1. The molecule has 0 saturated heterocycles. The molecule has 0 spiro atoms. The van der Waals surface area contributed by atoms with Gasteiger partial charge in [-0.3, -0.25) is 4.79 Å². The number of benzene rings is 2. The Morgan fingerprint density at radius 1 is 1.12 bits per heavy atom. The van der Waals surface area contributed by atoms with Gasteiger partial charge in [-0.15, -0.1) is 0 Å². The number of hydrogen-bond acceptors (Lipinski definition) is 3. The number of aryl methyl sites for hydroxylation is 2. The summed E-state index contributed by atoms with van der Waals surface area (Å²) in [6.07, 6.45) is 2.31. The molecule has 0 radical (unpaired) electrons. The fourth-order valence-electron chi connectivity index (χ4n) is 2.39. The molecule has 1 amide bonds. The molecule has 0 unspecified atom stereocenters. The highest BCUT2D eigenvalue weighted by Gasteiger charge is 2.09. The number of carbonyl (C=O) groups is 1. The molecule has 0 aliphatic carbocycles. The van der Waals surface area contributed by atoms with Crippen molar-refractivity contribution in [2.24, 2.45) is 0 Å². The third-order valence-electron chi connectivity index (χ3n) is 3.86. The predicted molar refractivity (Wildman–Crippen MR) is 93.2 cm³/mol. The fraction of sp³-hybridized carbons (Fsp3) is 0.200. The number of amides is 1. The van der Waals surface area contributed by atoms with Gasteiger partial charge in [0.25, 0.3) is 0 Å². The third-order valence-corrected chi connectivity index (χ3v) is 3.86. The van der Waals surface area contributed by atoms with Crippen LogP contribution in [0.25, 0.3) is 11.3 Å². The van der Waals surface area contributed by atoms with Gasteiger partial charge in [0.2, 0.25) is 5.91 Å². The lowest BCUT2D eigenvalue weighted by Gasteiger charge is -2.05. The van der Waals surface area contributed by atoms with E-state index in [0.717, 1.165) is 11.1 Å². The van der Waals surface area contributed by atoms with Crippen molar-refractivity contribution in [3.8, 4) is 11.3 Å². The summed E-state index contributed by atoms with van der Waals surface area (Å²) in [5.41, 5.74) is 3.01. The molecule has 2 aromatic carbocycles. The monoisotopic (exact) mass is 338 g/mol. The van der Waals surface area contributed by atoms with E-state index in [2.05, 4.69) is 10.3 Å². The SMILES string of the molecule is Cc1ccc(CNC(=O)CCc2ncc(-c3ccc(F)cc3)o2)cc1. The first-order valence-corrected chi connectivity index (χ1v) is 8.13. The Morgan fingerprint density at radius 2 is 1.84 bits per heavy atom. The van der Waals surface area contributed by atoms with Crippen LogP contribution in [0.4, 0.5) is 4.39 Å². The number of rotatable bonds is 6. The van der Waals surface area contributed by atoms with Gasteiger partial charge in [0.15, 0.2) is 11.7 Å². The quantitative estimate of drug-likeness (QED) is 0.738. The van der Waals surface area contributed by atoms with Crippen molar-refractivity contribution in [1.29, 1.82) is 0 Å². The van der Waals surface area contributed by atoms with Crippen LogP contribution in [0, 0.1) is 12.7 Å². The molecule has 0 aliphatic heterocycles. The largest absolute Gasteiger partial charge is 0.441 e. The maximum absolute atomic E-state index is 12.9. The Hall–Kier alpha value is -2.95. The molecule has 3 rings (SSSR count). The van der Waals surface area contributed by atoms with Crippen LogP contribution in [0.15, 0.2) is 59.1 Å². The Labute approximate surface area is 145 Å². The van der Waals surface area contributed by atoms with Crippen molar-refractivity contribution in [3.63, 3.8) is 0 Å². The third kappa shape index (κ3) is 4.76. The van der Waals surface area contributed by atoms with Crippen LogP contribution in [0.5, 0.6) is 0 Å². The Bertz CT molecular complexity index is 839. The zero-order valence-electron chi connectivity index (χ0n) is 14.0. The van der Waals surface area contributed by atoms with Crippen molar-refractivity contribution in [2.75, 3.05) is 0 Å². The van der Waals surface area contributed by atoms with E-state index in [1.165, 1.54) is 17.7 Å². The summed E-state index contributed by atoms with van der Waals surface area (Å²) < 4.78 is 18.6. The average Bonchev–Trinajstić information content (AvgIpc) is 3.09. The van der Waals surface area contributed by atoms with Gasteiger partial charge in [0.1, 0.15) is 5.82 Å². The summed E-state index contributed by atoms with van der Waals surface area (Å²) in [5, 5.41) is 2.88. The van der Waals surface area contributed by atoms with Crippen molar-refractivity contribution < 1.29 is 13.6 Å². The number of nitrogens with one attached hydrogen (secondary N) is 1. The summed E-state index contributed by atoms with van der Waals surface area (Å²) in [6, 6.07) is 14.0. The molecule has 1 aromatic heterocycles. The van der Waals surface area contributed by atoms with Crippen molar-refractivity contribution in [2.45, 2.75) is 26.3 Å². The van der Waals surface area contributed by atoms with Gasteiger partial charge in [-0.05, 0) is 36.8 Å². The van der Waals surface area contributed by atoms with E-state index in [9.17, 15) is 9.18 Å². The van der Waals surface area contributed by atoms with Gasteiger partial charge in [-0.2, -0.15) is 0 Å². The van der Waals surface area contributed by atoms with Crippen molar-refractivity contribution in [3.05, 3.63) is 77.6 Å². The van der Waals surface area contributed by atoms with Crippen LogP contribution in [-0.4, -0.2) is 10.9 Å². The van der Waals surface area contributed by atoms with Gasteiger partial charge in [0.05, 0.1) is 6.20 Å². The first kappa shape index (κ1) is 16.9. The van der Waals surface area contributed by atoms with Crippen LogP contribution >= 0.6 is 0 Å². The minimum atomic E-state index is -0.297. The van der Waals surface area contributed by atoms with Gasteiger partial charge in [-0.1, -0.05) is 29.8 Å². The standard InChI is InChI=1S/C20H19FN2O2/c1-14-2-4-15(5-3-14)12-22-19(24)10-11-20-23-13-18(25-20)16-6-8-17(21)9-7-16/h2-9,13H,10-12H2,1H3,(H,22,24). The number of carbonyl (C=O) groups excluding carboxylic acids is 1. The second kappa shape index (κ2) is 7.75. The van der Waals surface area contributed by atoms with E-state index in [4.69, 9.17) is 4.42 Å². The molecule has 0 atom stereocenters. The van der Waals surface area contributed by atoms with E-state index in [0.29, 0.717) is 31.0 Å². The average molecular weight is 338 g/mol. The Morgan fingerprint density at radius 3 is 2.56 bits per heavy atom. The summed E-state index contributed by atoms with van der Waals surface area (Å²) >= 11 is 0. The second-order valence-corrected chi connectivity index (χ2v) is 5.89. The lowest BCUT2D eigenvalue weighted by atomic mass is 10.1. The molecule has 128 valence electrons. The Kier molecular flexibility index (Phi) is 5.23. The van der Waals surface area contributed by atoms with Crippen LogP contribution in [0.1, 0.15) is 23.4 Å². The number of halogens is 1. The molecule has 0 aliphatic rings. The van der Waals surface area contributed by atoms with Gasteiger partial charge < -0.3 is 9.73 Å². The maximum atomic E-state index is 12.9.